The molecule has 0 atom stereocenters. The molecule has 26 heavy (non-hydrogen) atoms. The molecule has 136 valence electrons. The Labute approximate surface area is 152 Å². The molecule has 0 aliphatic rings. The fourth-order valence-electron chi connectivity index (χ4n) is 2.58. The van der Waals surface area contributed by atoms with E-state index in [9.17, 15) is 8.42 Å². The third-order valence-electron chi connectivity index (χ3n) is 4.05. The number of rotatable bonds is 5. The Hall–Kier alpha value is -2.87. The fraction of sp³-hybridized carbons (Fsp3) is 0.222. The average molecular weight is 373 g/mol. The topological polar surface area (TPSA) is 83.3 Å². The van der Waals surface area contributed by atoms with Crippen molar-refractivity contribution in [3.8, 4) is 17.2 Å². The minimum Gasteiger partial charge on any atom is -0.497 e. The van der Waals surface area contributed by atoms with E-state index in [4.69, 9.17) is 9.47 Å². The van der Waals surface area contributed by atoms with Crippen LogP contribution < -0.4 is 9.47 Å². The monoisotopic (exact) mass is 373 g/mol. The quantitative estimate of drug-likeness (QED) is 0.684. The zero-order valence-electron chi connectivity index (χ0n) is 14.9. The van der Waals surface area contributed by atoms with E-state index in [2.05, 4.69) is 10.3 Å². The Balaban J connectivity index is 2.13. The molecule has 3 rings (SSSR count). The molecule has 8 heteroatoms. The van der Waals surface area contributed by atoms with Gasteiger partial charge in [0.1, 0.15) is 17.2 Å². The summed E-state index contributed by atoms with van der Waals surface area (Å²) in [5.41, 5.74) is 1.91. The highest BCUT2D eigenvalue weighted by Crippen LogP contribution is 2.30. The molecule has 0 N–H and O–H groups in total. The predicted octanol–water partition coefficient (Wildman–Crippen LogP) is 2.73. The van der Waals surface area contributed by atoms with Crippen LogP contribution in [0.25, 0.3) is 5.69 Å². The second-order valence-electron chi connectivity index (χ2n) is 5.75. The van der Waals surface area contributed by atoms with Crippen LogP contribution in [0.4, 0.5) is 0 Å². The molecule has 0 aliphatic heterocycles. The van der Waals surface area contributed by atoms with Gasteiger partial charge in [-0.1, -0.05) is 22.9 Å². The second kappa shape index (κ2) is 6.80. The standard InChI is InChI=1S/C18H19N3O4S/c1-12-5-8-15(9-6-12)26(22,23)18-13(2)21(20-19-18)16-11-14(24-3)7-10-17(16)25-4/h5-11H,1-4H3. The first-order valence-corrected chi connectivity index (χ1v) is 9.33. The molecule has 3 aromatic rings. The highest BCUT2D eigenvalue weighted by Gasteiger charge is 2.26. The van der Waals surface area contributed by atoms with Gasteiger partial charge in [0.15, 0.2) is 0 Å². The molecule has 2 aromatic carbocycles. The van der Waals surface area contributed by atoms with Gasteiger partial charge >= 0.3 is 0 Å². The summed E-state index contributed by atoms with van der Waals surface area (Å²) < 4.78 is 37.9. The maximum absolute atomic E-state index is 12.9. The van der Waals surface area contributed by atoms with Crippen LogP contribution in [0.2, 0.25) is 0 Å². The summed E-state index contributed by atoms with van der Waals surface area (Å²) in [6, 6.07) is 11.8. The zero-order chi connectivity index (χ0) is 18.9. The van der Waals surface area contributed by atoms with Gasteiger partial charge in [-0.15, -0.1) is 5.10 Å². The largest absolute Gasteiger partial charge is 0.497 e. The normalized spacial score (nSPS) is 11.4. The molecule has 1 heterocycles. The SMILES string of the molecule is COc1ccc(OC)c(-n2nnc(S(=O)(=O)c3ccc(C)cc3)c2C)c1. The van der Waals surface area contributed by atoms with E-state index in [-0.39, 0.29) is 9.92 Å². The van der Waals surface area contributed by atoms with Gasteiger partial charge in [0.25, 0.3) is 0 Å². The minimum atomic E-state index is -3.78. The van der Waals surface area contributed by atoms with Crippen molar-refractivity contribution in [2.75, 3.05) is 14.2 Å². The van der Waals surface area contributed by atoms with Gasteiger partial charge in [0.05, 0.1) is 24.8 Å². The number of aromatic nitrogens is 3. The summed E-state index contributed by atoms with van der Waals surface area (Å²) in [5, 5.41) is 7.86. The van der Waals surface area contributed by atoms with E-state index < -0.39 is 9.84 Å². The van der Waals surface area contributed by atoms with Crippen molar-refractivity contribution < 1.29 is 17.9 Å². The number of hydrogen-bond acceptors (Lipinski definition) is 6. The molecular weight excluding hydrogens is 354 g/mol. The van der Waals surface area contributed by atoms with E-state index in [0.29, 0.717) is 22.9 Å². The molecular formula is C18H19N3O4S. The second-order valence-corrected chi connectivity index (χ2v) is 7.61. The van der Waals surface area contributed by atoms with Crippen LogP contribution in [0.15, 0.2) is 52.4 Å². The van der Waals surface area contributed by atoms with Gasteiger partial charge in [-0.3, -0.25) is 0 Å². The van der Waals surface area contributed by atoms with Crippen LogP contribution >= 0.6 is 0 Å². The zero-order valence-corrected chi connectivity index (χ0v) is 15.7. The number of nitrogens with zero attached hydrogens (tertiary/aromatic N) is 3. The molecule has 0 amide bonds. The van der Waals surface area contributed by atoms with E-state index in [1.165, 1.54) is 11.8 Å². The van der Waals surface area contributed by atoms with Gasteiger partial charge in [-0.2, -0.15) is 0 Å². The molecule has 1 aromatic heterocycles. The van der Waals surface area contributed by atoms with Crippen LogP contribution in [0.3, 0.4) is 0 Å². The number of benzene rings is 2. The van der Waals surface area contributed by atoms with Crippen LogP contribution in [-0.4, -0.2) is 37.6 Å². The molecule has 0 bridgehead atoms. The number of aryl methyl sites for hydroxylation is 1. The van der Waals surface area contributed by atoms with Crippen LogP contribution in [0.1, 0.15) is 11.3 Å². The summed E-state index contributed by atoms with van der Waals surface area (Å²) in [5.74, 6) is 1.12. The van der Waals surface area contributed by atoms with E-state index in [1.54, 1.807) is 56.5 Å². The molecule has 0 unspecified atom stereocenters. The summed E-state index contributed by atoms with van der Waals surface area (Å²) in [6.07, 6.45) is 0. The summed E-state index contributed by atoms with van der Waals surface area (Å²) in [4.78, 5) is 0.177. The molecule has 0 fully saturated rings. The minimum absolute atomic E-state index is 0.0915. The van der Waals surface area contributed by atoms with Crippen molar-refractivity contribution in [3.05, 3.63) is 53.7 Å². The lowest BCUT2D eigenvalue weighted by Crippen LogP contribution is -2.06. The Bertz CT molecular complexity index is 1040. The lowest BCUT2D eigenvalue weighted by molar-refractivity contribution is 0.400. The van der Waals surface area contributed by atoms with Crippen molar-refractivity contribution in [1.29, 1.82) is 0 Å². The van der Waals surface area contributed by atoms with Crippen molar-refractivity contribution in [2.45, 2.75) is 23.8 Å². The van der Waals surface area contributed by atoms with Gasteiger partial charge < -0.3 is 9.47 Å². The molecule has 0 saturated heterocycles. The van der Waals surface area contributed by atoms with E-state index >= 15 is 0 Å². The van der Waals surface area contributed by atoms with Gasteiger partial charge in [0.2, 0.25) is 14.9 Å². The maximum atomic E-state index is 12.9. The van der Waals surface area contributed by atoms with Gasteiger partial charge in [-0.05, 0) is 38.1 Å². The Kier molecular flexibility index (Phi) is 4.69. The lowest BCUT2D eigenvalue weighted by Gasteiger charge is -2.11. The van der Waals surface area contributed by atoms with Crippen molar-refractivity contribution in [1.82, 2.24) is 15.0 Å². The molecule has 0 spiro atoms. The van der Waals surface area contributed by atoms with Crippen molar-refractivity contribution in [3.63, 3.8) is 0 Å². The first-order chi connectivity index (χ1) is 12.4. The predicted molar refractivity (Wildman–Crippen MR) is 95.8 cm³/mol. The number of ether oxygens (including phenoxy) is 2. The first kappa shape index (κ1) is 17.9. The Morgan fingerprint density at radius 2 is 1.65 bits per heavy atom. The number of sulfone groups is 1. The van der Waals surface area contributed by atoms with Crippen LogP contribution in [-0.2, 0) is 9.84 Å². The van der Waals surface area contributed by atoms with Crippen molar-refractivity contribution >= 4 is 9.84 Å². The molecule has 0 aliphatic carbocycles. The molecule has 0 saturated carbocycles. The van der Waals surface area contributed by atoms with Crippen molar-refractivity contribution in [2.24, 2.45) is 0 Å². The van der Waals surface area contributed by atoms with Crippen LogP contribution in [0.5, 0.6) is 11.5 Å². The Morgan fingerprint density at radius 1 is 0.962 bits per heavy atom. The summed E-state index contributed by atoms with van der Waals surface area (Å²) in [6.45, 7) is 3.55. The van der Waals surface area contributed by atoms with E-state index in [1.807, 2.05) is 6.92 Å². The molecule has 7 nitrogen and oxygen atoms in total. The number of methoxy groups -OCH3 is 2. The lowest BCUT2D eigenvalue weighted by atomic mass is 10.2. The fourth-order valence-corrected chi connectivity index (χ4v) is 3.92. The molecule has 0 radical (unpaired) electrons. The number of hydrogen-bond donors (Lipinski definition) is 0. The summed E-state index contributed by atoms with van der Waals surface area (Å²) in [7, 11) is -0.697. The first-order valence-electron chi connectivity index (χ1n) is 7.85. The average Bonchev–Trinajstić information content (AvgIpc) is 3.03. The highest BCUT2D eigenvalue weighted by atomic mass is 32.2. The van der Waals surface area contributed by atoms with Gasteiger partial charge in [-0.25, -0.2) is 13.1 Å². The smallest absolute Gasteiger partial charge is 0.227 e. The van der Waals surface area contributed by atoms with Crippen LogP contribution in [0, 0.1) is 13.8 Å². The summed E-state index contributed by atoms with van der Waals surface area (Å²) >= 11 is 0. The highest BCUT2D eigenvalue weighted by molar-refractivity contribution is 7.91. The Morgan fingerprint density at radius 3 is 2.27 bits per heavy atom. The maximum Gasteiger partial charge on any atom is 0.227 e. The van der Waals surface area contributed by atoms with Gasteiger partial charge in [0, 0.05) is 6.07 Å². The third-order valence-corrected chi connectivity index (χ3v) is 5.83. The van der Waals surface area contributed by atoms with E-state index in [0.717, 1.165) is 5.56 Å². The third kappa shape index (κ3) is 3.03.